The van der Waals surface area contributed by atoms with E-state index in [0.29, 0.717) is 12.3 Å². The number of carbonyl (C=O) groups is 1. The maximum Gasteiger partial charge on any atom is 0.289 e. The maximum absolute atomic E-state index is 12.4. The number of sulfone groups is 1. The topological polar surface area (TPSA) is 70.8 Å². The minimum Gasteiger partial charge on any atom is -0.455 e. The second-order valence-corrected chi connectivity index (χ2v) is 7.59. The lowest BCUT2D eigenvalue weighted by atomic mass is 10.2. The van der Waals surface area contributed by atoms with E-state index in [1.807, 2.05) is 14.0 Å². The SMILES string of the molecule is C[C@@H]1CN(C)CCN1C(=O)c1ccc(CS(C)(=O)=O)o1. The van der Waals surface area contributed by atoms with E-state index in [9.17, 15) is 13.2 Å². The minimum atomic E-state index is -3.16. The van der Waals surface area contributed by atoms with Crippen molar-refractivity contribution in [2.45, 2.75) is 18.7 Å². The molecule has 1 aromatic rings. The Kier molecular flexibility index (Phi) is 4.19. The largest absolute Gasteiger partial charge is 0.455 e. The normalized spacial score (nSPS) is 21.1. The first kappa shape index (κ1) is 15.1. The first-order valence-corrected chi connectivity index (χ1v) is 8.58. The average molecular weight is 300 g/mol. The van der Waals surface area contributed by atoms with Gasteiger partial charge in [-0.2, -0.15) is 0 Å². The second-order valence-electron chi connectivity index (χ2n) is 5.45. The molecule has 0 bridgehead atoms. The molecule has 0 spiro atoms. The number of amides is 1. The molecule has 2 rings (SSSR count). The summed E-state index contributed by atoms with van der Waals surface area (Å²) in [6.45, 7) is 4.29. The molecule has 0 saturated carbocycles. The van der Waals surface area contributed by atoms with Crippen LogP contribution in [0.2, 0.25) is 0 Å². The molecule has 0 radical (unpaired) electrons. The van der Waals surface area contributed by atoms with Gasteiger partial charge in [-0.3, -0.25) is 4.79 Å². The van der Waals surface area contributed by atoms with E-state index in [0.717, 1.165) is 19.3 Å². The molecule has 2 heterocycles. The van der Waals surface area contributed by atoms with Crippen LogP contribution in [0.15, 0.2) is 16.5 Å². The van der Waals surface area contributed by atoms with Crippen LogP contribution < -0.4 is 0 Å². The van der Waals surface area contributed by atoms with E-state index in [1.54, 1.807) is 17.0 Å². The lowest BCUT2D eigenvalue weighted by molar-refractivity contribution is 0.0501. The highest BCUT2D eigenvalue weighted by atomic mass is 32.2. The molecule has 1 aromatic heterocycles. The summed E-state index contributed by atoms with van der Waals surface area (Å²) < 4.78 is 27.8. The molecule has 1 fully saturated rings. The van der Waals surface area contributed by atoms with Crippen molar-refractivity contribution in [1.29, 1.82) is 0 Å². The van der Waals surface area contributed by atoms with Gasteiger partial charge >= 0.3 is 0 Å². The van der Waals surface area contributed by atoms with Gasteiger partial charge in [0.15, 0.2) is 15.6 Å². The van der Waals surface area contributed by atoms with Gasteiger partial charge in [0.05, 0.1) is 0 Å². The van der Waals surface area contributed by atoms with E-state index in [2.05, 4.69) is 4.90 Å². The minimum absolute atomic E-state index is 0.115. The molecule has 7 heteroatoms. The summed E-state index contributed by atoms with van der Waals surface area (Å²) in [4.78, 5) is 16.3. The number of nitrogens with zero attached hydrogens (tertiary/aromatic N) is 2. The van der Waals surface area contributed by atoms with E-state index in [1.165, 1.54) is 0 Å². The van der Waals surface area contributed by atoms with E-state index in [4.69, 9.17) is 4.42 Å². The van der Waals surface area contributed by atoms with Crippen LogP contribution in [0.25, 0.3) is 0 Å². The molecule has 1 atom stereocenters. The number of piperazine rings is 1. The molecule has 6 nitrogen and oxygen atoms in total. The predicted molar refractivity (Wildman–Crippen MR) is 75.3 cm³/mol. The Balaban J connectivity index is 2.10. The lowest BCUT2D eigenvalue weighted by Crippen LogP contribution is -2.52. The number of rotatable bonds is 3. The molecular weight excluding hydrogens is 280 g/mol. The number of hydrogen-bond acceptors (Lipinski definition) is 5. The zero-order chi connectivity index (χ0) is 14.9. The molecule has 1 saturated heterocycles. The summed E-state index contributed by atoms with van der Waals surface area (Å²) in [7, 11) is -1.13. The molecule has 0 N–H and O–H groups in total. The molecule has 0 unspecified atom stereocenters. The van der Waals surface area contributed by atoms with Gasteiger partial charge < -0.3 is 14.2 Å². The zero-order valence-corrected chi connectivity index (χ0v) is 12.8. The molecule has 0 aliphatic carbocycles. The highest BCUT2D eigenvalue weighted by molar-refractivity contribution is 7.89. The number of carbonyl (C=O) groups excluding carboxylic acids is 1. The molecule has 1 aliphatic heterocycles. The van der Waals surface area contributed by atoms with Crippen LogP contribution >= 0.6 is 0 Å². The summed E-state index contributed by atoms with van der Waals surface area (Å²) >= 11 is 0. The van der Waals surface area contributed by atoms with Crippen molar-refractivity contribution >= 4 is 15.7 Å². The number of hydrogen-bond donors (Lipinski definition) is 0. The molecule has 1 amide bonds. The molecule has 1 aliphatic rings. The number of likely N-dealkylation sites (N-methyl/N-ethyl adjacent to an activating group) is 1. The standard InChI is InChI=1S/C13H20N2O4S/c1-10-8-14(2)6-7-15(10)13(16)12-5-4-11(19-12)9-20(3,17)18/h4-5,10H,6-9H2,1-3H3/t10-/m1/s1. The van der Waals surface area contributed by atoms with Crippen LogP contribution in [-0.2, 0) is 15.6 Å². The van der Waals surface area contributed by atoms with Crippen molar-refractivity contribution in [1.82, 2.24) is 9.80 Å². The summed E-state index contributed by atoms with van der Waals surface area (Å²) in [6.07, 6.45) is 1.14. The summed E-state index contributed by atoms with van der Waals surface area (Å²) in [5.74, 6) is 0.154. The van der Waals surface area contributed by atoms with Crippen molar-refractivity contribution in [3.8, 4) is 0 Å². The van der Waals surface area contributed by atoms with Crippen LogP contribution in [0.1, 0.15) is 23.2 Å². The second kappa shape index (κ2) is 5.57. The Labute approximate surface area is 119 Å². The highest BCUT2D eigenvalue weighted by Gasteiger charge is 2.28. The van der Waals surface area contributed by atoms with Crippen molar-refractivity contribution in [2.24, 2.45) is 0 Å². The molecule has 0 aromatic carbocycles. The molecule has 20 heavy (non-hydrogen) atoms. The Morgan fingerprint density at radius 2 is 2.10 bits per heavy atom. The monoisotopic (exact) mass is 300 g/mol. The Bertz CT molecular complexity index is 593. The number of furan rings is 1. The average Bonchev–Trinajstić information content (AvgIpc) is 2.74. The van der Waals surface area contributed by atoms with E-state index < -0.39 is 9.84 Å². The fourth-order valence-corrected chi connectivity index (χ4v) is 3.08. The summed E-state index contributed by atoms with van der Waals surface area (Å²) in [6, 6.07) is 3.22. The lowest BCUT2D eigenvalue weighted by Gasteiger charge is -2.37. The summed E-state index contributed by atoms with van der Waals surface area (Å²) in [5.41, 5.74) is 0. The smallest absolute Gasteiger partial charge is 0.289 e. The van der Waals surface area contributed by atoms with Crippen molar-refractivity contribution in [2.75, 3.05) is 32.9 Å². The van der Waals surface area contributed by atoms with Gasteiger partial charge in [-0.05, 0) is 26.1 Å². The first-order chi connectivity index (χ1) is 9.26. The summed E-state index contributed by atoms with van der Waals surface area (Å²) in [5, 5.41) is 0. The zero-order valence-electron chi connectivity index (χ0n) is 12.0. The Morgan fingerprint density at radius 3 is 2.70 bits per heavy atom. The molecular formula is C13H20N2O4S. The highest BCUT2D eigenvalue weighted by Crippen LogP contribution is 2.16. The molecule has 112 valence electrons. The Morgan fingerprint density at radius 1 is 1.40 bits per heavy atom. The van der Waals surface area contributed by atoms with Gasteiger partial charge in [0.25, 0.3) is 5.91 Å². The van der Waals surface area contributed by atoms with Gasteiger partial charge in [-0.15, -0.1) is 0 Å². The third-order valence-corrected chi connectivity index (χ3v) is 4.18. The van der Waals surface area contributed by atoms with Crippen molar-refractivity contribution in [3.63, 3.8) is 0 Å². The van der Waals surface area contributed by atoms with E-state index in [-0.39, 0.29) is 23.5 Å². The van der Waals surface area contributed by atoms with Gasteiger partial charge in [-0.25, -0.2) is 8.42 Å². The predicted octanol–water partition coefficient (Wildman–Crippen LogP) is 0.600. The fraction of sp³-hybridized carbons (Fsp3) is 0.615. The van der Waals surface area contributed by atoms with Crippen LogP contribution in [0.3, 0.4) is 0 Å². The van der Waals surface area contributed by atoms with Crippen molar-refractivity contribution < 1.29 is 17.6 Å². The Hall–Kier alpha value is -1.34. The van der Waals surface area contributed by atoms with E-state index >= 15 is 0 Å². The van der Waals surface area contributed by atoms with Gasteiger partial charge in [-0.1, -0.05) is 0 Å². The third kappa shape index (κ3) is 3.61. The van der Waals surface area contributed by atoms with Crippen LogP contribution in [0.4, 0.5) is 0 Å². The third-order valence-electron chi connectivity index (χ3n) is 3.37. The van der Waals surface area contributed by atoms with Crippen LogP contribution in [-0.4, -0.2) is 63.1 Å². The quantitative estimate of drug-likeness (QED) is 0.817. The van der Waals surface area contributed by atoms with Crippen LogP contribution in [0.5, 0.6) is 0 Å². The van der Waals surface area contributed by atoms with Gasteiger partial charge in [0.2, 0.25) is 0 Å². The maximum atomic E-state index is 12.4. The fourth-order valence-electron chi connectivity index (χ4n) is 2.41. The first-order valence-electron chi connectivity index (χ1n) is 6.52. The van der Waals surface area contributed by atoms with Gasteiger partial charge in [0, 0.05) is 31.9 Å². The van der Waals surface area contributed by atoms with Crippen LogP contribution in [0, 0.1) is 0 Å². The van der Waals surface area contributed by atoms with Gasteiger partial charge in [0.1, 0.15) is 11.5 Å². The van der Waals surface area contributed by atoms with Crippen molar-refractivity contribution in [3.05, 3.63) is 23.7 Å².